The average Bonchev–Trinajstić information content (AvgIpc) is 2.49. The summed E-state index contributed by atoms with van der Waals surface area (Å²) in [6, 6.07) is 13.5. The third kappa shape index (κ3) is 4.47. The number of anilines is 2. The van der Waals surface area contributed by atoms with Crippen LogP contribution in [0.1, 0.15) is 0 Å². The van der Waals surface area contributed by atoms with Gasteiger partial charge in [-0.2, -0.15) is 0 Å². The summed E-state index contributed by atoms with van der Waals surface area (Å²) in [6.45, 7) is 0. The van der Waals surface area contributed by atoms with Crippen molar-refractivity contribution in [1.29, 1.82) is 0 Å². The van der Waals surface area contributed by atoms with Crippen molar-refractivity contribution in [1.82, 2.24) is 0 Å². The average molecular weight is 414 g/mol. The highest BCUT2D eigenvalue weighted by molar-refractivity contribution is 14.1. The summed E-state index contributed by atoms with van der Waals surface area (Å²) < 4.78 is 11.6. The first-order valence-corrected chi connectivity index (χ1v) is 7.66. The molecular formula is C15H15IN2O2S. The molecule has 0 aromatic heterocycles. The van der Waals surface area contributed by atoms with Gasteiger partial charge in [0.25, 0.3) is 0 Å². The zero-order valence-electron chi connectivity index (χ0n) is 11.6. The molecule has 2 aromatic rings. The van der Waals surface area contributed by atoms with Crippen LogP contribution in [0, 0.1) is 3.57 Å². The van der Waals surface area contributed by atoms with E-state index in [2.05, 4.69) is 33.2 Å². The summed E-state index contributed by atoms with van der Waals surface area (Å²) in [4.78, 5) is 0. The van der Waals surface area contributed by atoms with E-state index in [4.69, 9.17) is 21.7 Å². The van der Waals surface area contributed by atoms with Gasteiger partial charge in [0.1, 0.15) is 0 Å². The molecule has 2 N–H and O–H groups in total. The van der Waals surface area contributed by atoms with Crippen molar-refractivity contribution in [3.63, 3.8) is 0 Å². The molecule has 2 aromatic carbocycles. The molecule has 4 nitrogen and oxygen atoms in total. The van der Waals surface area contributed by atoms with Gasteiger partial charge in [0.2, 0.25) is 0 Å². The Bertz CT molecular complexity index is 632. The number of halogens is 1. The molecule has 0 bridgehead atoms. The molecule has 0 saturated heterocycles. The molecule has 0 aliphatic rings. The first kappa shape index (κ1) is 15.8. The molecule has 0 aliphatic carbocycles. The Kier molecular flexibility index (Phi) is 5.63. The zero-order valence-corrected chi connectivity index (χ0v) is 14.6. The van der Waals surface area contributed by atoms with Crippen molar-refractivity contribution in [2.45, 2.75) is 0 Å². The molecule has 110 valence electrons. The highest BCUT2D eigenvalue weighted by atomic mass is 127. The van der Waals surface area contributed by atoms with Crippen molar-refractivity contribution in [2.24, 2.45) is 0 Å². The van der Waals surface area contributed by atoms with Gasteiger partial charge in [-0.25, -0.2) is 0 Å². The second-order valence-electron chi connectivity index (χ2n) is 4.16. The maximum Gasteiger partial charge on any atom is 0.175 e. The van der Waals surface area contributed by atoms with Crippen LogP contribution in [0.5, 0.6) is 11.5 Å². The SMILES string of the molecule is COc1ccc(NC(=S)Nc2ccc(I)cc2)cc1OC. The summed E-state index contributed by atoms with van der Waals surface area (Å²) in [7, 11) is 3.21. The largest absolute Gasteiger partial charge is 0.493 e. The smallest absolute Gasteiger partial charge is 0.175 e. The molecule has 2 rings (SSSR count). The highest BCUT2D eigenvalue weighted by Gasteiger charge is 2.05. The van der Waals surface area contributed by atoms with E-state index in [-0.39, 0.29) is 0 Å². The van der Waals surface area contributed by atoms with E-state index >= 15 is 0 Å². The van der Waals surface area contributed by atoms with Gasteiger partial charge < -0.3 is 20.1 Å². The fourth-order valence-electron chi connectivity index (χ4n) is 1.74. The van der Waals surface area contributed by atoms with E-state index in [1.165, 1.54) is 3.57 Å². The van der Waals surface area contributed by atoms with E-state index in [1.54, 1.807) is 14.2 Å². The van der Waals surface area contributed by atoms with E-state index in [9.17, 15) is 0 Å². The summed E-state index contributed by atoms with van der Waals surface area (Å²) in [5.41, 5.74) is 1.77. The lowest BCUT2D eigenvalue weighted by Crippen LogP contribution is -2.19. The van der Waals surface area contributed by atoms with Crippen LogP contribution < -0.4 is 20.1 Å². The van der Waals surface area contributed by atoms with Gasteiger partial charge in [-0.1, -0.05) is 0 Å². The first-order valence-electron chi connectivity index (χ1n) is 6.18. The predicted octanol–water partition coefficient (Wildman–Crippen LogP) is 4.12. The summed E-state index contributed by atoms with van der Waals surface area (Å²) in [6.07, 6.45) is 0. The Hall–Kier alpha value is -1.54. The summed E-state index contributed by atoms with van der Waals surface area (Å²) >= 11 is 7.56. The second-order valence-corrected chi connectivity index (χ2v) is 5.81. The molecule has 0 spiro atoms. The van der Waals surface area contributed by atoms with Crippen LogP contribution in [0.25, 0.3) is 0 Å². The molecule has 0 atom stereocenters. The minimum absolute atomic E-state index is 0.517. The number of ether oxygens (including phenoxy) is 2. The van der Waals surface area contributed by atoms with Crippen LogP contribution in [0.4, 0.5) is 11.4 Å². The summed E-state index contributed by atoms with van der Waals surface area (Å²) in [5.74, 6) is 1.33. The Morgan fingerprint density at radius 2 is 1.48 bits per heavy atom. The van der Waals surface area contributed by atoms with Crippen molar-refractivity contribution < 1.29 is 9.47 Å². The van der Waals surface area contributed by atoms with Crippen LogP contribution >= 0.6 is 34.8 Å². The molecular weight excluding hydrogens is 399 g/mol. The number of hydrogen-bond donors (Lipinski definition) is 2. The lowest BCUT2D eigenvalue weighted by molar-refractivity contribution is 0.355. The topological polar surface area (TPSA) is 42.5 Å². The maximum absolute atomic E-state index is 5.30. The number of benzene rings is 2. The number of hydrogen-bond acceptors (Lipinski definition) is 3. The van der Waals surface area contributed by atoms with Crippen LogP contribution in [0.3, 0.4) is 0 Å². The summed E-state index contributed by atoms with van der Waals surface area (Å²) in [5, 5.41) is 6.76. The monoisotopic (exact) mass is 414 g/mol. The van der Waals surface area contributed by atoms with Crippen LogP contribution in [-0.2, 0) is 0 Å². The Labute approximate surface area is 143 Å². The van der Waals surface area contributed by atoms with Gasteiger partial charge in [0.15, 0.2) is 16.6 Å². The normalized spacial score (nSPS) is 9.86. The minimum Gasteiger partial charge on any atom is -0.493 e. The van der Waals surface area contributed by atoms with E-state index in [0.717, 1.165) is 11.4 Å². The molecule has 0 aliphatic heterocycles. The van der Waals surface area contributed by atoms with Crippen molar-refractivity contribution in [2.75, 3.05) is 24.9 Å². The van der Waals surface area contributed by atoms with Gasteiger partial charge in [-0.3, -0.25) is 0 Å². The van der Waals surface area contributed by atoms with E-state index < -0.39 is 0 Å². The lowest BCUT2D eigenvalue weighted by Gasteiger charge is -2.13. The molecule has 6 heteroatoms. The van der Waals surface area contributed by atoms with Crippen molar-refractivity contribution in [3.8, 4) is 11.5 Å². The molecule has 0 amide bonds. The van der Waals surface area contributed by atoms with E-state index in [0.29, 0.717) is 16.6 Å². The quantitative estimate of drug-likeness (QED) is 0.582. The number of thiocarbonyl (C=S) groups is 1. The number of methoxy groups -OCH3 is 2. The Morgan fingerprint density at radius 3 is 2.10 bits per heavy atom. The molecule has 0 heterocycles. The van der Waals surface area contributed by atoms with Gasteiger partial charge in [-0.05, 0) is 71.2 Å². The highest BCUT2D eigenvalue weighted by Crippen LogP contribution is 2.29. The molecule has 0 unspecified atom stereocenters. The van der Waals surface area contributed by atoms with Crippen molar-refractivity contribution >= 4 is 51.3 Å². The fourth-order valence-corrected chi connectivity index (χ4v) is 2.34. The third-order valence-corrected chi connectivity index (χ3v) is 3.67. The fraction of sp³-hybridized carbons (Fsp3) is 0.133. The standard InChI is InChI=1S/C15H15IN2O2S/c1-19-13-8-7-12(9-14(13)20-2)18-15(21)17-11-5-3-10(16)4-6-11/h3-9H,1-2H3,(H2,17,18,21). The minimum atomic E-state index is 0.517. The van der Waals surface area contributed by atoms with Gasteiger partial charge in [-0.15, -0.1) is 0 Å². The molecule has 0 radical (unpaired) electrons. The molecule has 0 fully saturated rings. The second kappa shape index (κ2) is 7.46. The first-order chi connectivity index (χ1) is 10.1. The molecule has 21 heavy (non-hydrogen) atoms. The number of nitrogens with one attached hydrogen (secondary N) is 2. The van der Waals surface area contributed by atoms with Crippen molar-refractivity contribution in [3.05, 3.63) is 46.0 Å². The van der Waals surface area contributed by atoms with Gasteiger partial charge in [0.05, 0.1) is 14.2 Å². The third-order valence-electron chi connectivity index (χ3n) is 2.74. The van der Waals surface area contributed by atoms with Crippen LogP contribution in [0.2, 0.25) is 0 Å². The Balaban J connectivity index is 2.04. The van der Waals surface area contributed by atoms with E-state index in [1.807, 2.05) is 42.5 Å². The van der Waals surface area contributed by atoms with Crippen LogP contribution in [0.15, 0.2) is 42.5 Å². The Morgan fingerprint density at radius 1 is 0.905 bits per heavy atom. The maximum atomic E-state index is 5.30. The lowest BCUT2D eigenvalue weighted by atomic mass is 10.3. The van der Waals surface area contributed by atoms with Gasteiger partial charge >= 0.3 is 0 Å². The number of rotatable bonds is 4. The molecule has 0 saturated carbocycles. The van der Waals surface area contributed by atoms with Gasteiger partial charge in [0, 0.05) is 21.0 Å². The zero-order chi connectivity index (χ0) is 15.2. The predicted molar refractivity (Wildman–Crippen MR) is 98.5 cm³/mol. The van der Waals surface area contributed by atoms with Crippen LogP contribution in [-0.4, -0.2) is 19.3 Å².